The summed E-state index contributed by atoms with van der Waals surface area (Å²) in [4.78, 5) is 0. The molecule has 0 aliphatic rings. The third-order valence-corrected chi connectivity index (χ3v) is 2.14. The molecule has 1 aromatic carbocycles. The molecule has 0 aromatic heterocycles. The monoisotopic (exact) mass is 185 g/mol. The van der Waals surface area contributed by atoms with Crippen molar-refractivity contribution in [2.24, 2.45) is 5.92 Å². The maximum Gasteiger partial charge on any atom is 0.100 e. The molecule has 72 valence electrons. The molecule has 14 heavy (non-hydrogen) atoms. The minimum Gasteiger partial charge on any atom is -0.192 e. The van der Waals surface area contributed by atoms with E-state index in [2.05, 4.69) is 26.5 Å². The highest BCUT2D eigenvalue weighted by Gasteiger charge is 2.06. The van der Waals surface area contributed by atoms with E-state index in [0.717, 1.165) is 23.1 Å². The second-order valence-electron chi connectivity index (χ2n) is 3.80. The molecule has 0 fully saturated rings. The zero-order valence-electron chi connectivity index (χ0n) is 8.75. The highest BCUT2D eigenvalue weighted by molar-refractivity contribution is 5.59. The van der Waals surface area contributed by atoms with E-state index in [1.54, 1.807) is 6.08 Å². The van der Waals surface area contributed by atoms with E-state index in [4.69, 9.17) is 5.26 Å². The van der Waals surface area contributed by atoms with Crippen molar-refractivity contribution >= 4 is 6.08 Å². The quantitative estimate of drug-likeness (QED) is 0.708. The van der Waals surface area contributed by atoms with Crippen LogP contribution in [0.3, 0.4) is 0 Å². The van der Waals surface area contributed by atoms with Crippen molar-refractivity contribution in [2.45, 2.75) is 20.3 Å². The van der Waals surface area contributed by atoms with Crippen LogP contribution in [0, 0.1) is 17.2 Å². The molecule has 1 rings (SSSR count). The van der Waals surface area contributed by atoms with E-state index < -0.39 is 0 Å². The Hall–Kier alpha value is -1.55. The summed E-state index contributed by atoms with van der Waals surface area (Å²) < 4.78 is 0. The van der Waals surface area contributed by atoms with Crippen molar-refractivity contribution in [3.8, 4) is 6.07 Å². The number of rotatable bonds is 3. The first-order chi connectivity index (χ1) is 6.69. The molecule has 0 bridgehead atoms. The van der Waals surface area contributed by atoms with Gasteiger partial charge in [-0.05, 0) is 23.5 Å². The van der Waals surface area contributed by atoms with Crippen molar-refractivity contribution in [1.82, 2.24) is 0 Å². The third-order valence-electron chi connectivity index (χ3n) is 2.14. The van der Waals surface area contributed by atoms with Crippen LogP contribution in [0.15, 0.2) is 24.8 Å². The SMILES string of the molecule is C=Cc1cccc(CC(C)C)c1C#N. The Labute approximate surface area is 85.7 Å². The molecule has 0 saturated heterocycles. The minimum absolute atomic E-state index is 0.571. The molecule has 0 aliphatic heterocycles. The van der Waals surface area contributed by atoms with Gasteiger partial charge in [0.05, 0.1) is 5.56 Å². The largest absolute Gasteiger partial charge is 0.192 e. The van der Waals surface area contributed by atoms with E-state index in [1.165, 1.54) is 0 Å². The molecule has 0 radical (unpaired) electrons. The van der Waals surface area contributed by atoms with Crippen LogP contribution in [-0.4, -0.2) is 0 Å². The Kier molecular flexibility index (Phi) is 3.48. The first-order valence-electron chi connectivity index (χ1n) is 4.83. The second-order valence-corrected chi connectivity index (χ2v) is 3.80. The summed E-state index contributed by atoms with van der Waals surface area (Å²) in [7, 11) is 0. The highest BCUT2D eigenvalue weighted by Crippen LogP contribution is 2.18. The van der Waals surface area contributed by atoms with Gasteiger partial charge in [0, 0.05) is 0 Å². The van der Waals surface area contributed by atoms with Gasteiger partial charge in [-0.25, -0.2) is 0 Å². The summed E-state index contributed by atoms with van der Waals surface area (Å²) in [6, 6.07) is 8.18. The topological polar surface area (TPSA) is 23.8 Å². The first kappa shape index (κ1) is 10.5. The van der Waals surface area contributed by atoms with Crippen LogP contribution in [0.5, 0.6) is 0 Å². The van der Waals surface area contributed by atoms with Crippen LogP contribution in [0.4, 0.5) is 0 Å². The Morgan fingerprint density at radius 3 is 2.71 bits per heavy atom. The van der Waals surface area contributed by atoms with Crippen LogP contribution in [-0.2, 0) is 6.42 Å². The fourth-order valence-electron chi connectivity index (χ4n) is 1.54. The Bertz CT molecular complexity index is 369. The minimum atomic E-state index is 0.571. The van der Waals surface area contributed by atoms with Gasteiger partial charge in [-0.2, -0.15) is 5.26 Å². The van der Waals surface area contributed by atoms with Crippen LogP contribution >= 0.6 is 0 Å². The van der Waals surface area contributed by atoms with Gasteiger partial charge in [0.15, 0.2) is 0 Å². The fourth-order valence-corrected chi connectivity index (χ4v) is 1.54. The third kappa shape index (κ3) is 2.23. The molecule has 1 aromatic rings. The molecule has 0 unspecified atom stereocenters. The molecule has 1 nitrogen and oxygen atoms in total. The molecular weight excluding hydrogens is 170 g/mol. The highest BCUT2D eigenvalue weighted by atomic mass is 14.3. The van der Waals surface area contributed by atoms with Gasteiger partial charge < -0.3 is 0 Å². The van der Waals surface area contributed by atoms with Crippen molar-refractivity contribution in [3.05, 3.63) is 41.5 Å². The molecule has 0 N–H and O–H groups in total. The molecule has 0 saturated carbocycles. The zero-order chi connectivity index (χ0) is 10.6. The molecular formula is C13H15N. The van der Waals surface area contributed by atoms with E-state index >= 15 is 0 Å². The number of benzene rings is 1. The predicted molar refractivity (Wildman–Crippen MR) is 59.8 cm³/mol. The number of hydrogen-bond acceptors (Lipinski definition) is 1. The van der Waals surface area contributed by atoms with Crippen LogP contribution in [0.1, 0.15) is 30.5 Å². The standard InChI is InChI=1S/C13H15N/c1-4-11-6-5-7-12(8-10(2)3)13(11)9-14/h4-7,10H,1,8H2,2-3H3. The fraction of sp³-hybridized carbons (Fsp3) is 0.308. The summed E-state index contributed by atoms with van der Waals surface area (Å²) in [5, 5.41) is 9.05. The molecule has 0 atom stereocenters. The summed E-state index contributed by atoms with van der Waals surface area (Å²) in [6.07, 6.45) is 2.69. The lowest BCUT2D eigenvalue weighted by atomic mass is 9.95. The maximum atomic E-state index is 9.05. The number of hydrogen-bond donors (Lipinski definition) is 0. The maximum absolute atomic E-state index is 9.05. The zero-order valence-corrected chi connectivity index (χ0v) is 8.75. The number of nitrogens with zero attached hydrogens (tertiary/aromatic N) is 1. The van der Waals surface area contributed by atoms with Crippen molar-refractivity contribution in [3.63, 3.8) is 0 Å². The molecule has 0 amide bonds. The predicted octanol–water partition coefficient (Wildman–Crippen LogP) is 3.40. The smallest absolute Gasteiger partial charge is 0.100 e. The van der Waals surface area contributed by atoms with Crippen LogP contribution < -0.4 is 0 Å². The molecule has 1 heteroatoms. The van der Waals surface area contributed by atoms with Gasteiger partial charge in [-0.1, -0.05) is 44.7 Å². The molecule has 0 heterocycles. The lowest BCUT2D eigenvalue weighted by Crippen LogP contribution is -1.98. The summed E-state index contributed by atoms with van der Waals surface area (Å²) in [5.74, 6) is 0.571. The van der Waals surface area contributed by atoms with E-state index in [0.29, 0.717) is 5.92 Å². The lowest BCUT2D eigenvalue weighted by molar-refractivity contribution is 0.646. The van der Waals surface area contributed by atoms with E-state index in [-0.39, 0.29) is 0 Å². The van der Waals surface area contributed by atoms with Gasteiger partial charge in [0.1, 0.15) is 6.07 Å². The Morgan fingerprint density at radius 1 is 1.50 bits per heavy atom. The lowest BCUT2D eigenvalue weighted by Gasteiger charge is -2.08. The Balaban J connectivity index is 3.17. The van der Waals surface area contributed by atoms with Crippen molar-refractivity contribution in [2.75, 3.05) is 0 Å². The van der Waals surface area contributed by atoms with Gasteiger partial charge >= 0.3 is 0 Å². The van der Waals surface area contributed by atoms with Crippen LogP contribution in [0.2, 0.25) is 0 Å². The van der Waals surface area contributed by atoms with Gasteiger partial charge in [0.25, 0.3) is 0 Å². The Morgan fingerprint density at radius 2 is 2.21 bits per heavy atom. The summed E-state index contributed by atoms with van der Waals surface area (Å²) in [5.41, 5.74) is 2.83. The van der Waals surface area contributed by atoms with Gasteiger partial charge in [0.2, 0.25) is 0 Å². The number of nitriles is 1. The van der Waals surface area contributed by atoms with Crippen molar-refractivity contribution < 1.29 is 0 Å². The summed E-state index contributed by atoms with van der Waals surface area (Å²) in [6.45, 7) is 8.02. The molecule has 0 spiro atoms. The molecule has 0 aliphatic carbocycles. The first-order valence-corrected chi connectivity index (χ1v) is 4.83. The van der Waals surface area contributed by atoms with Crippen LogP contribution in [0.25, 0.3) is 6.08 Å². The van der Waals surface area contributed by atoms with Crippen molar-refractivity contribution in [1.29, 1.82) is 5.26 Å². The summed E-state index contributed by atoms with van der Waals surface area (Å²) >= 11 is 0. The van der Waals surface area contributed by atoms with Gasteiger partial charge in [-0.15, -0.1) is 0 Å². The normalized spacial score (nSPS) is 9.86. The van der Waals surface area contributed by atoms with E-state index in [1.807, 2.05) is 18.2 Å². The second kappa shape index (κ2) is 4.62. The van der Waals surface area contributed by atoms with Gasteiger partial charge in [-0.3, -0.25) is 0 Å². The van der Waals surface area contributed by atoms with E-state index in [9.17, 15) is 0 Å². The average molecular weight is 185 g/mol. The average Bonchev–Trinajstić information content (AvgIpc) is 2.16.